The van der Waals surface area contributed by atoms with Crippen molar-refractivity contribution in [1.29, 1.82) is 0 Å². The van der Waals surface area contributed by atoms with E-state index in [0.717, 1.165) is 0 Å². The van der Waals surface area contributed by atoms with E-state index >= 15 is 0 Å². The second-order valence-electron chi connectivity index (χ2n) is 0.224. The molecule has 0 saturated heterocycles. The third-order valence-corrected chi connectivity index (χ3v) is 0. The van der Waals surface area contributed by atoms with Crippen LogP contribution in [-0.4, -0.2) is 0 Å². The molecule has 0 aromatic rings. The zero-order chi connectivity index (χ0) is 3.58. The van der Waals surface area contributed by atoms with Gasteiger partial charge >= 0.3 is 58.4 Å². The Kier molecular flexibility index (Phi) is 88.1. The van der Waals surface area contributed by atoms with Crippen molar-refractivity contribution in [2.45, 2.75) is 0 Å². The van der Waals surface area contributed by atoms with E-state index in [9.17, 15) is 0 Å². The topological polar surface area (TPSA) is 69.2 Å². The van der Waals surface area contributed by atoms with Crippen molar-refractivity contribution in [3.05, 3.63) is 0 Å². The molecule has 0 rings (SSSR count). The first-order valence-electron chi connectivity index (χ1n) is 0.548. The number of hydrogen-bond donors (Lipinski definition) is 0. The standard InChI is InChI=1S/O3P.H3P.3Rh/c1-4(2)3;;;;/h;1H3;;;/q-3;;3*+1. The van der Waals surface area contributed by atoms with Gasteiger partial charge in [-0.2, -0.15) is 9.90 Å². The third-order valence-electron chi connectivity index (χ3n) is 0. The molecule has 0 aromatic carbocycles. The van der Waals surface area contributed by atoms with Gasteiger partial charge < -0.3 is 23.3 Å². The molecule has 0 N–H and O–H groups in total. The maximum atomic E-state index is 8.48. The molecule has 0 aliphatic carbocycles. The minimum Gasteiger partial charge on any atom is -0.854 e. The molecule has 0 spiro atoms. The fourth-order valence-electron chi connectivity index (χ4n) is 0. The van der Waals surface area contributed by atoms with Crippen molar-refractivity contribution in [1.82, 2.24) is 0 Å². The van der Waals surface area contributed by atoms with Gasteiger partial charge in [0.2, 0.25) is 0 Å². The molecule has 0 saturated carbocycles. The molecule has 0 heterocycles. The number of hydrogen-bond acceptors (Lipinski definition) is 3. The first-order valence-corrected chi connectivity index (χ1v) is 1.64. The molecule has 0 aliphatic rings. The van der Waals surface area contributed by atoms with Crippen LogP contribution in [0.25, 0.3) is 0 Å². The Hall–Kier alpha value is 2.61. The van der Waals surface area contributed by atoms with Gasteiger partial charge in [-0.1, -0.05) is 0 Å². The Bertz CT molecular complexity index is 17.2. The Labute approximate surface area is 90.9 Å². The van der Waals surface area contributed by atoms with E-state index < -0.39 is 8.60 Å². The van der Waals surface area contributed by atoms with E-state index in [2.05, 4.69) is 0 Å². The Balaban J connectivity index is -0.00000000750. The maximum absolute atomic E-state index is 8.48. The first-order chi connectivity index (χ1) is 1.73. The average molecular weight is 422 g/mol. The van der Waals surface area contributed by atoms with Crippen molar-refractivity contribution < 1.29 is 73.1 Å². The molecular formula is H3O3P2Rh3. The van der Waals surface area contributed by atoms with Crippen LogP contribution >= 0.6 is 18.5 Å². The molecule has 0 aromatic heterocycles. The SMILES string of the molecule is P.[O-]P([O-])[O-].[Rh+].[Rh+].[Rh+]. The van der Waals surface area contributed by atoms with Crippen LogP contribution < -0.4 is 14.7 Å². The van der Waals surface area contributed by atoms with E-state index in [4.69, 9.17) is 14.7 Å². The molecule has 0 amide bonds. The van der Waals surface area contributed by atoms with Crippen LogP contribution in [0, 0.1) is 0 Å². The van der Waals surface area contributed by atoms with Crippen LogP contribution in [-0.2, 0) is 58.4 Å². The van der Waals surface area contributed by atoms with Gasteiger partial charge in [0.15, 0.2) is 0 Å². The molecule has 3 nitrogen and oxygen atoms in total. The van der Waals surface area contributed by atoms with E-state index in [-0.39, 0.29) is 68.3 Å². The molecule has 1 atom stereocenters. The molecule has 58 valence electrons. The zero-order valence-electron chi connectivity index (χ0n) is 3.38. The largest absolute Gasteiger partial charge is 1.00 e. The third kappa shape index (κ3) is 73.2. The molecular weight excluding hydrogens is 419 g/mol. The second kappa shape index (κ2) is 22.6. The summed E-state index contributed by atoms with van der Waals surface area (Å²) in [4.78, 5) is 25.4. The van der Waals surface area contributed by atoms with Gasteiger partial charge in [-0.05, 0) is 0 Å². The van der Waals surface area contributed by atoms with Gasteiger partial charge in [0.05, 0.1) is 0 Å². The molecule has 8 heteroatoms. The summed E-state index contributed by atoms with van der Waals surface area (Å²) in [5.41, 5.74) is 0. The summed E-state index contributed by atoms with van der Waals surface area (Å²) in [6.45, 7) is 0. The van der Waals surface area contributed by atoms with E-state index in [1.807, 2.05) is 0 Å². The first kappa shape index (κ1) is 31.1. The molecule has 0 radical (unpaired) electrons. The van der Waals surface area contributed by atoms with Crippen molar-refractivity contribution in [3.8, 4) is 0 Å². The van der Waals surface area contributed by atoms with Crippen LogP contribution in [0.1, 0.15) is 0 Å². The van der Waals surface area contributed by atoms with Crippen LogP contribution in [0.2, 0.25) is 0 Å². The Morgan fingerprint density at radius 1 is 0.750 bits per heavy atom. The van der Waals surface area contributed by atoms with Crippen molar-refractivity contribution in [2.24, 2.45) is 0 Å². The van der Waals surface area contributed by atoms with Gasteiger partial charge in [-0.25, -0.2) is 0 Å². The average Bonchev–Trinajstić information content (AvgIpc) is 0.811. The summed E-state index contributed by atoms with van der Waals surface area (Å²) < 4.78 is 0. The van der Waals surface area contributed by atoms with Crippen molar-refractivity contribution in [3.63, 3.8) is 0 Å². The second-order valence-corrected chi connectivity index (χ2v) is 0.671. The van der Waals surface area contributed by atoms with Gasteiger partial charge in [-0.3, -0.25) is 0 Å². The van der Waals surface area contributed by atoms with E-state index in [1.165, 1.54) is 0 Å². The van der Waals surface area contributed by atoms with E-state index in [1.54, 1.807) is 0 Å². The minimum atomic E-state index is -3.37. The van der Waals surface area contributed by atoms with Gasteiger partial charge in [0.25, 0.3) is 0 Å². The molecule has 0 bridgehead atoms. The molecule has 0 aliphatic heterocycles. The van der Waals surface area contributed by atoms with Gasteiger partial charge in [-0.15, -0.1) is 0 Å². The van der Waals surface area contributed by atoms with Crippen LogP contribution in [0.3, 0.4) is 0 Å². The summed E-state index contributed by atoms with van der Waals surface area (Å²) in [5, 5.41) is 0. The fraction of sp³-hybridized carbons (Fsp3) is 0. The smallest absolute Gasteiger partial charge is 0.854 e. The molecule has 1 unspecified atom stereocenters. The fourth-order valence-corrected chi connectivity index (χ4v) is 0. The van der Waals surface area contributed by atoms with Crippen LogP contribution in [0.5, 0.6) is 0 Å². The van der Waals surface area contributed by atoms with Crippen molar-refractivity contribution >= 4 is 18.5 Å². The molecule has 0 fully saturated rings. The predicted molar refractivity (Wildman–Crippen MR) is 18.0 cm³/mol. The summed E-state index contributed by atoms with van der Waals surface area (Å²) in [7, 11) is -3.37. The van der Waals surface area contributed by atoms with Gasteiger partial charge in [0, 0.05) is 0 Å². The Morgan fingerprint density at radius 2 is 0.750 bits per heavy atom. The summed E-state index contributed by atoms with van der Waals surface area (Å²) in [6, 6.07) is 0. The zero-order valence-corrected chi connectivity index (χ0v) is 10.6. The number of rotatable bonds is 0. The molecule has 8 heavy (non-hydrogen) atoms. The summed E-state index contributed by atoms with van der Waals surface area (Å²) in [5.74, 6) is 0. The van der Waals surface area contributed by atoms with E-state index in [0.29, 0.717) is 0 Å². The summed E-state index contributed by atoms with van der Waals surface area (Å²) >= 11 is 0. The monoisotopic (exact) mass is 422 g/mol. The minimum absolute atomic E-state index is 0. The Morgan fingerprint density at radius 3 is 0.750 bits per heavy atom. The quantitative estimate of drug-likeness (QED) is 0.317. The van der Waals surface area contributed by atoms with Crippen LogP contribution in [0.15, 0.2) is 0 Å². The maximum Gasteiger partial charge on any atom is 1.00 e. The summed E-state index contributed by atoms with van der Waals surface area (Å²) in [6.07, 6.45) is 0. The predicted octanol–water partition coefficient (Wildman–Crippen LogP) is -2.66. The van der Waals surface area contributed by atoms with Crippen molar-refractivity contribution in [2.75, 3.05) is 0 Å². The van der Waals surface area contributed by atoms with Gasteiger partial charge in [0.1, 0.15) is 0 Å². The van der Waals surface area contributed by atoms with Crippen LogP contribution in [0.4, 0.5) is 0 Å². The normalized spacial score (nSPS) is 4.50.